The number of nitrogens with zero attached hydrogens (tertiary/aromatic N) is 2. The van der Waals surface area contributed by atoms with E-state index in [-0.39, 0.29) is 0 Å². The van der Waals surface area contributed by atoms with E-state index in [1.165, 1.54) is 10.8 Å². The van der Waals surface area contributed by atoms with Crippen LogP contribution in [0.4, 0.5) is 0 Å². The zero-order chi connectivity index (χ0) is 7.84. The molecule has 0 bridgehead atoms. The van der Waals surface area contributed by atoms with Crippen LogP contribution in [-0.4, -0.2) is 10.8 Å². The Labute approximate surface area is 67.8 Å². The van der Waals surface area contributed by atoms with E-state index in [2.05, 4.69) is 10.5 Å². The molecule has 0 radical (unpaired) electrons. The molecule has 3 N–H and O–H groups in total. The number of hydroxylamine groups is 1. The first-order chi connectivity index (χ1) is 5.29. The van der Waals surface area contributed by atoms with Crippen LogP contribution in [0.25, 0.3) is 0 Å². The molecule has 0 saturated heterocycles. The van der Waals surface area contributed by atoms with Gasteiger partial charge >= 0.3 is 0 Å². The van der Waals surface area contributed by atoms with Gasteiger partial charge in [0, 0.05) is 11.8 Å². The molecule has 58 valence electrons. The van der Waals surface area contributed by atoms with E-state index in [0.29, 0.717) is 17.3 Å². The fraction of sp³-hybridized carbons (Fsp3) is 0. The summed E-state index contributed by atoms with van der Waals surface area (Å²) >= 11 is 5.69. The van der Waals surface area contributed by atoms with Crippen molar-refractivity contribution in [3.8, 4) is 0 Å². The molecule has 2 aliphatic heterocycles. The van der Waals surface area contributed by atoms with Crippen molar-refractivity contribution in [3.05, 3.63) is 23.5 Å². The van der Waals surface area contributed by atoms with Crippen molar-refractivity contribution in [2.45, 2.75) is 0 Å². The van der Waals surface area contributed by atoms with Gasteiger partial charge in [0.1, 0.15) is 12.0 Å². The van der Waals surface area contributed by atoms with Crippen LogP contribution < -0.4 is 11.2 Å². The maximum Gasteiger partial charge on any atom is 0.223 e. The van der Waals surface area contributed by atoms with Gasteiger partial charge in [0.15, 0.2) is 5.82 Å². The van der Waals surface area contributed by atoms with Gasteiger partial charge in [0.05, 0.1) is 6.20 Å². The summed E-state index contributed by atoms with van der Waals surface area (Å²) < 4.78 is 1.30. The molecular formula is C5H5ClN4O. The molecule has 0 aromatic heterocycles. The van der Waals surface area contributed by atoms with Crippen LogP contribution in [0, 0.1) is 0 Å². The van der Waals surface area contributed by atoms with Crippen LogP contribution in [0.15, 0.2) is 28.5 Å². The molecular weight excluding hydrogens is 168 g/mol. The second kappa shape index (κ2) is 2.06. The quantitative estimate of drug-likeness (QED) is 0.505. The number of nitrogens with one attached hydrogen (secondary N) is 1. The molecule has 0 unspecified atom stereocenters. The Kier molecular flexibility index (Phi) is 1.19. The first kappa shape index (κ1) is 6.36. The zero-order valence-corrected chi connectivity index (χ0v) is 6.17. The van der Waals surface area contributed by atoms with Crippen molar-refractivity contribution in [3.63, 3.8) is 0 Å². The van der Waals surface area contributed by atoms with Gasteiger partial charge in [-0.05, 0) is 0 Å². The van der Waals surface area contributed by atoms with E-state index in [1.807, 2.05) is 0 Å². The molecule has 0 saturated carbocycles. The molecule has 0 aromatic rings. The minimum absolute atomic E-state index is 0.318. The third-order valence-electron chi connectivity index (χ3n) is 1.35. The molecule has 0 fully saturated rings. The molecule has 2 aliphatic rings. The number of halogens is 1. The average molecular weight is 173 g/mol. The summed E-state index contributed by atoms with van der Waals surface area (Å²) in [5.41, 5.74) is 8.66. The van der Waals surface area contributed by atoms with Gasteiger partial charge in [0.2, 0.25) is 5.76 Å². The van der Waals surface area contributed by atoms with Gasteiger partial charge < -0.3 is 10.6 Å². The van der Waals surface area contributed by atoms with E-state index < -0.39 is 0 Å². The number of rotatable bonds is 0. The molecule has 0 amide bonds. The Morgan fingerprint density at radius 2 is 2.55 bits per heavy atom. The van der Waals surface area contributed by atoms with Crippen molar-refractivity contribution >= 4 is 18.1 Å². The Bertz CT molecular complexity index is 282. The lowest BCUT2D eigenvalue weighted by molar-refractivity contribution is 0.164. The van der Waals surface area contributed by atoms with Crippen LogP contribution >= 0.6 is 11.8 Å². The predicted molar refractivity (Wildman–Crippen MR) is 39.7 cm³/mol. The highest BCUT2D eigenvalue weighted by Gasteiger charge is 2.24. The second-order valence-electron chi connectivity index (χ2n) is 2.02. The molecule has 0 aromatic carbocycles. The van der Waals surface area contributed by atoms with Crippen molar-refractivity contribution < 1.29 is 4.84 Å². The van der Waals surface area contributed by atoms with Crippen LogP contribution in [0.5, 0.6) is 0 Å². The van der Waals surface area contributed by atoms with Crippen molar-refractivity contribution in [2.75, 3.05) is 0 Å². The SMILES string of the molecule is NC1=C2ONC=C2N(Cl)C=N1. The molecule has 0 spiro atoms. The molecule has 6 heteroatoms. The third-order valence-corrected chi connectivity index (χ3v) is 1.62. The highest BCUT2D eigenvalue weighted by atomic mass is 35.5. The number of fused-ring (bicyclic) bond motifs is 1. The van der Waals surface area contributed by atoms with E-state index in [4.69, 9.17) is 22.3 Å². The zero-order valence-electron chi connectivity index (χ0n) is 5.41. The lowest BCUT2D eigenvalue weighted by Gasteiger charge is -2.14. The lowest BCUT2D eigenvalue weighted by atomic mass is 10.3. The molecule has 2 heterocycles. The van der Waals surface area contributed by atoms with Crippen molar-refractivity contribution in [2.24, 2.45) is 10.7 Å². The van der Waals surface area contributed by atoms with Crippen molar-refractivity contribution in [1.29, 1.82) is 0 Å². The molecule has 11 heavy (non-hydrogen) atoms. The number of hydrogen-bond donors (Lipinski definition) is 2. The maximum atomic E-state index is 5.69. The summed E-state index contributed by atoms with van der Waals surface area (Å²) in [7, 11) is 0. The number of hydrogen-bond acceptors (Lipinski definition) is 5. The van der Waals surface area contributed by atoms with Gasteiger partial charge in [-0.25, -0.2) is 14.9 Å². The highest BCUT2D eigenvalue weighted by Crippen LogP contribution is 2.25. The monoisotopic (exact) mass is 172 g/mol. The van der Waals surface area contributed by atoms with E-state index >= 15 is 0 Å². The van der Waals surface area contributed by atoms with Crippen molar-refractivity contribution in [1.82, 2.24) is 9.90 Å². The maximum absolute atomic E-state index is 5.69. The number of aliphatic imine (C=N–C) groups is 1. The predicted octanol–water partition coefficient (Wildman–Crippen LogP) is -0.0119. The largest absolute Gasteiger partial charge is 0.380 e. The summed E-state index contributed by atoms with van der Waals surface area (Å²) in [4.78, 5) is 8.69. The van der Waals surface area contributed by atoms with Crippen LogP contribution in [0.3, 0.4) is 0 Å². The molecule has 5 nitrogen and oxygen atoms in total. The number of nitrogens with two attached hydrogens (primary N) is 1. The van der Waals surface area contributed by atoms with E-state index in [1.54, 1.807) is 6.20 Å². The van der Waals surface area contributed by atoms with E-state index in [9.17, 15) is 0 Å². The van der Waals surface area contributed by atoms with Crippen LogP contribution in [0.1, 0.15) is 0 Å². The van der Waals surface area contributed by atoms with Gasteiger partial charge in [-0.15, -0.1) is 0 Å². The Morgan fingerprint density at radius 3 is 3.27 bits per heavy atom. The fourth-order valence-corrected chi connectivity index (χ4v) is 1.01. The molecule has 0 aliphatic carbocycles. The average Bonchev–Trinajstić information content (AvgIpc) is 2.45. The normalized spacial score (nSPS) is 20.8. The summed E-state index contributed by atoms with van der Waals surface area (Å²) in [5, 5.41) is 0. The second-order valence-corrected chi connectivity index (χ2v) is 2.38. The van der Waals surface area contributed by atoms with Gasteiger partial charge in [-0.2, -0.15) is 0 Å². The fourth-order valence-electron chi connectivity index (χ4n) is 0.838. The molecule has 2 rings (SSSR count). The topological polar surface area (TPSA) is 62.9 Å². The molecule has 0 atom stereocenters. The van der Waals surface area contributed by atoms with Gasteiger partial charge in [-0.3, -0.25) is 0 Å². The minimum Gasteiger partial charge on any atom is -0.380 e. The Hall–Kier alpha value is -1.36. The standard InChI is InChI=1S/C5H5ClN4O/c6-10-2-8-5(7)4-3(10)1-9-11-4/h1-2,9H,7H2. The minimum atomic E-state index is 0.318. The van der Waals surface area contributed by atoms with Crippen LogP contribution in [-0.2, 0) is 4.84 Å². The first-order valence-corrected chi connectivity index (χ1v) is 3.24. The summed E-state index contributed by atoms with van der Waals surface area (Å²) in [6, 6.07) is 0. The van der Waals surface area contributed by atoms with Gasteiger partial charge in [0.25, 0.3) is 0 Å². The summed E-state index contributed by atoms with van der Waals surface area (Å²) in [5.74, 6) is 0.778. The van der Waals surface area contributed by atoms with Gasteiger partial charge in [-0.1, -0.05) is 0 Å². The first-order valence-electron chi connectivity index (χ1n) is 2.91. The third kappa shape index (κ3) is 0.813. The lowest BCUT2D eigenvalue weighted by Crippen LogP contribution is -2.18. The Balaban J connectivity index is 2.46. The smallest absolute Gasteiger partial charge is 0.223 e. The summed E-state index contributed by atoms with van der Waals surface area (Å²) in [6.45, 7) is 0. The Morgan fingerprint density at radius 1 is 1.73 bits per heavy atom. The van der Waals surface area contributed by atoms with Crippen LogP contribution in [0.2, 0.25) is 0 Å². The van der Waals surface area contributed by atoms with E-state index in [0.717, 1.165) is 0 Å². The summed E-state index contributed by atoms with van der Waals surface area (Å²) in [6.07, 6.45) is 3.00. The highest BCUT2D eigenvalue weighted by molar-refractivity contribution is 6.20.